The van der Waals surface area contributed by atoms with Crippen LogP contribution in [-0.2, 0) is 10.3 Å². The lowest BCUT2D eigenvalue weighted by Gasteiger charge is -2.48. The Morgan fingerprint density at radius 2 is 1.62 bits per heavy atom. The topological polar surface area (TPSA) is 29.5 Å². The van der Waals surface area contributed by atoms with Crippen molar-refractivity contribution in [2.75, 3.05) is 13.6 Å². The Kier molecular flexibility index (Phi) is 4.72. The van der Waals surface area contributed by atoms with Crippen LogP contribution < -0.4 is 0 Å². The Morgan fingerprint density at radius 1 is 1.04 bits per heavy atom. The molecule has 3 atom stereocenters. The van der Waals surface area contributed by atoms with E-state index in [1.165, 1.54) is 0 Å². The molecule has 0 spiro atoms. The largest absolute Gasteiger partial charge is 0.450 e. The van der Waals surface area contributed by atoms with Gasteiger partial charge in [-0.2, -0.15) is 0 Å². The number of benzene rings is 2. The van der Waals surface area contributed by atoms with E-state index < -0.39 is 5.60 Å². The summed E-state index contributed by atoms with van der Waals surface area (Å²) in [5.74, 6) is -0.0307. The molecule has 3 rings (SSSR count). The highest BCUT2D eigenvalue weighted by Crippen LogP contribution is 2.43. The van der Waals surface area contributed by atoms with Gasteiger partial charge in [0.05, 0.1) is 5.56 Å². The van der Waals surface area contributed by atoms with Crippen LogP contribution in [0.4, 0.5) is 0 Å². The zero-order valence-corrected chi connectivity index (χ0v) is 14.6. The van der Waals surface area contributed by atoms with Crippen LogP contribution in [0, 0.1) is 5.92 Å². The van der Waals surface area contributed by atoms with Crippen molar-refractivity contribution in [3.8, 4) is 0 Å². The minimum atomic E-state index is -0.583. The van der Waals surface area contributed by atoms with Crippen LogP contribution in [0.5, 0.6) is 0 Å². The first-order valence-corrected chi connectivity index (χ1v) is 8.57. The molecule has 24 heavy (non-hydrogen) atoms. The summed E-state index contributed by atoms with van der Waals surface area (Å²) >= 11 is 0. The van der Waals surface area contributed by atoms with Gasteiger partial charge in [0.25, 0.3) is 0 Å². The SMILES string of the molecule is C[C@@H]1C[C@](OC(=O)c2ccccc2)(c2ccccc2)[C@@H](C)CN1C. The van der Waals surface area contributed by atoms with Gasteiger partial charge in [-0.25, -0.2) is 4.79 Å². The third-order valence-corrected chi connectivity index (χ3v) is 5.26. The highest BCUT2D eigenvalue weighted by atomic mass is 16.6. The summed E-state index contributed by atoms with van der Waals surface area (Å²) in [5, 5.41) is 0. The van der Waals surface area contributed by atoms with Crippen molar-refractivity contribution in [3.05, 3.63) is 71.8 Å². The summed E-state index contributed by atoms with van der Waals surface area (Å²) in [5.41, 5.74) is 1.11. The molecule has 3 nitrogen and oxygen atoms in total. The number of carbonyl (C=O) groups excluding carboxylic acids is 1. The summed E-state index contributed by atoms with van der Waals surface area (Å²) < 4.78 is 6.22. The lowest BCUT2D eigenvalue weighted by molar-refractivity contribution is -0.0989. The summed E-state index contributed by atoms with van der Waals surface area (Å²) in [4.78, 5) is 15.1. The molecule has 2 aromatic rings. The van der Waals surface area contributed by atoms with E-state index in [1.807, 2.05) is 48.5 Å². The van der Waals surface area contributed by atoms with Gasteiger partial charge in [-0.15, -0.1) is 0 Å². The highest BCUT2D eigenvalue weighted by Gasteiger charge is 2.47. The van der Waals surface area contributed by atoms with Gasteiger partial charge in [0.1, 0.15) is 5.60 Å². The van der Waals surface area contributed by atoms with E-state index in [0.29, 0.717) is 11.6 Å². The molecule has 0 N–H and O–H groups in total. The molecule has 0 radical (unpaired) electrons. The van der Waals surface area contributed by atoms with Crippen molar-refractivity contribution in [1.29, 1.82) is 0 Å². The maximum atomic E-state index is 12.8. The molecule has 126 valence electrons. The molecule has 0 saturated carbocycles. The maximum Gasteiger partial charge on any atom is 0.339 e. The standard InChI is InChI=1S/C21H25NO2/c1-16-15-22(3)17(2)14-21(16,19-12-8-5-9-13-19)24-20(23)18-10-6-4-7-11-18/h4-13,16-17H,14-15H2,1-3H3/t16-,17+,21+/m0/s1. The number of esters is 1. The maximum absolute atomic E-state index is 12.8. The second-order valence-corrected chi connectivity index (χ2v) is 6.90. The van der Waals surface area contributed by atoms with Crippen molar-refractivity contribution < 1.29 is 9.53 Å². The van der Waals surface area contributed by atoms with E-state index in [4.69, 9.17) is 4.74 Å². The second-order valence-electron chi connectivity index (χ2n) is 6.90. The Morgan fingerprint density at radius 3 is 2.25 bits per heavy atom. The fraction of sp³-hybridized carbons (Fsp3) is 0.381. The minimum Gasteiger partial charge on any atom is -0.450 e. The van der Waals surface area contributed by atoms with Gasteiger partial charge in [0.2, 0.25) is 0 Å². The molecule has 2 aromatic carbocycles. The first-order valence-electron chi connectivity index (χ1n) is 8.57. The summed E-state index contributed by atoms with van der Waals surface area (Å²) in [6.07, 6.45) is 0.799. The van der Waals surface area contributed by atoms with E-state index in [0.717, 1.165) is 18.5 Å². The van der Waals surface area contributed by atoms with Crippen molar-refractivity contribution in [1.82, 2.24) is 4.90 Å². The molecule has 0 aliphatic carbocycles. The van der Waals surface area contributed by atoms with Crippen LogP contribution in [0.25, 0.3) is 0 Å². The lowest BCUT2D eigenvalue weighted by atomic mass is 9.74. The van der Waals surface area contributed by atoms with E-state index >= 15 is 0 Å². The predicted molar refractivity (Wildman–Crippen MR) is 95.9 cm³/mol. The zero-order chi connectivity index (χ0) is 17.2. The van der Waals surface area contributed by atoms with Crippen molar-refractivity contribution >= 4 is 5.97 Å². The van der Waals surface area contributed by atoms with Gasteiger partial charge < -0.3 is 9.64 Å². The highest BCUT2D eigenvalue weighted by molar-refractivity contribution is 5.89. The number of piperidine rings is 1. The molecular formula is C21H25NO2. The molecule has 1 fully saturated rings. The first-order chi connectivity index (χ1) is 11.5. The molecule has 1 heterocycles. The van der Waals surface area contributed by atoms with E-state index in [2.05, 4.69) is 37.9 Å². The van der Waals surface area contributed by atoms with Crippen LogP contribution in [0.15, 0.2) is 60.7 Å². The Labute approximate surface area is 144 Å². The Hall–Kier alpha value is -2.13. The average molecular weight is 323 g/mol. The molecule has 1 saturated heterocycles. The quantitative estimate of drug-likeness (QED) is 0.797. The van der Waals surface area contributed by atoms with Crippen LogP contribution >= 0.6 is 0 Å². The second kappa shape index (κ2) is 6.78. The molecular weight excluding hydrogens is 298 g/mol. The van der Waals surface area contributed by atoms with Crippen LogP contribution in [0.3, 0.4) is 0 Å². The van der Waals surface area contributed by atoms with Crippen molar-refractivity contribution in [2.45, 2.75) is 31.9 Å². The zero-order valence-electron chi connectivity index (χ0n) is 14.6. The normalized spacial score (nSPS) is 27.6. The summed E-state index contributed by atoms with van der Waals surface area (Å²) in [6.45, 7) is 5.27. The lowest BCUT2D eigenvalue weighted by Crippen LogP contribution is -2.53. The Bertz CT molecular complexity index is 685. The third kappa shape index (κ3) is 3.09. The molecule has 0 bridgehead atoms. The number of hydrogen-bond acceptors (Lipinski definition) is 3. The van der Waals surface area contributed by atoms with E-state index in [-0.39, 0.29) is 11.9 Å². The van der Waals surface area contributed by atoms with Gasteiger partial charge in [0.15, 0.2) is 0 Å². The number of rotatable bonds is 3. The fourth-order valence-corrected chi connectivity index (χ4v) is 3.68. The molecule has 0 unspecified atom stereocenters. The van der Waals surface area contributed by atoms with Gasteiger partial charge in [0, 0.05) is 24.9 Å². The van der Waals surface area contributed by atoms with Crippen LogP contribution in [-0.4, -0.2) is 30.5 Å². The van der Waals surface area contributed by atoms with Gasteiger partial charge in [-0.3, -0.25) is 0 Å². The van der Waals surface area contributed by atoms with Crippen molar-refractivity contribution in [3.63, 3.8) is 0 Å². The molecule has 0 aromatic heterocycles. The van der Waals surface area contributed by atoms with Crippen LogP contribution in [0.2, 0.25) is 0 Å². The monoisotopic (exact) mass is 323 g/mol. The minimum absolute atomic E-state index is 0.216. The fourth-order valence-electron chi connectivity index (χ4n) is 3.68. The third-order valence-electron chi connectivity index (χ3n) is 5.26. The molecule has 0 amide bonds. The van der Waals surface area contributed by atoms with E-state index in [1.54, 1.807) is 0 Å². The molecule has 3 heteroatoms. The van der Waals surface area contributed by atoms with Gasteiger partial charge >= 0.3 is 5.97 Å². The predicted octanol–water partition coefficient (Wildman–Crippen LogP) is 4.10. The molecule has 1 aliphatic heterocycles. The number of ether oxygens (including phenoxy) is 1. The first kappa shape index (κ1) is 16.7. The van der Waals surface area contributed by atoms with Gasteiger partial charge in [-0.05, 0) is 31.7 Å². The van der Waals surface area contributed by atoms with Crippen LogP contribution in [0.1, 0.15) is 36.2 Å². The number of likely N-dealkylation sites (tertiary alicyclic amines) is 1. The van der Waals surface area contributed by atoms with Crippen molar-refractivity contribution in [2.24, 2.45) is 5.92 Å². The number of carbonyl (C=O) groups is 1. The van der Waals surface area contributed by atoms with Gasteiger partial charge in [-0.1, -0.05) is 55.5 Å². The molecule has 1 aliphatic rings. The summed E-state index contributed by atoms with van der Waals surface area (Å²) in [7, 11) is 2.13. The number of nitrogens with zero attached hydrogens (tertiary/aromatic N) is 1. The average Bonchev–Trinajstić information content (AvgIpc) is 2.61. The Balaban J connectivity index is 1.98. The summed E-state index contributed by atoms with van der Waals surface area (Å²) in [6, 6.07) is 19.8. The smallest absolute Gasteiger partial charge is 0.339 e. The van der Waals surface area contributed by atoms with E-state index in [9.17, 15) is 4.79 Å². The number of hydrogen-bond donors (Lipinski definition) is 0.